The van der Waals surface area contributed by atoms with Crippen LogP contribution in [0, 0.1) is 6.92 Å². The number of aryl methyl sites for hydroxylation is 1. The van der Waals surface area contributed by atoms with E-state index in [1.54, 1.807) is 25.4 Å². The van der Waals surface area contributed by atoms with Crippen molar-refractivity contribution in [2.75, 3.05) is 5.32 Å². The first-order chi connectivity index (χ1) is 12.6. The first-order valence-corrected chi connectivity index (χ1v) is 8.22. The van der Waals surface area contributed by atoms with Crippen LogP contribution in [0.3, 0.4) is 0 Å². The molecule has 0 radical (unpaired) electrons. The molecule has 1 atom stereocenters. The van der Waals surface area contributed by atoms with Gasteiger partial charge in [-0.2, -0.15) is 0 Å². The lowest BCUT2D eigenvalue weighted by Gasteiger charge is -2.15. The van der Waals surface area contributed by atoms with E-state index in [0.29, 0.717) is 18.2 Å². The number of rotatable bonds is 6. The zero-order valence-corrected chi connectivity index (χ0v) is 14.6. The number of nitrogens with zero attached hydrogens (tertiary/aromatic N) is 2. The van der Waals surface area contributed by atoms with Gasteiger partial charge in [-0.15, -0.1) is 0 Å². The molecule has 3 rings (SSSR count). The van der Waals surface area contributed by atoms with Gasteiger partial charge in [0.15, 0.2) is 5.82 Å². The van der Waals surface area contributed by atoms with Crippen LogP contribution < -0.4 is 15.4 Å². The van der Waals surface area contributed by atoms with E-state index in [-0.39, 0.29) is 12.1 Å². The Morgan fingerprint density at radius 1 is 1.27 bits per heavy atom. The summed E-state index contributed by atoms with van der Waals surface area (Å²) in [5.41, 5.74) is 1.97. The summed E-state index contributed by atoms with van der Waals surface area (Å²) in [6, 6.07) is 12.6. The van der Waals surface area contributed by atoms with Gasteiger partial charge in [-0.05, 0) is 37.6 Å². The maximum absolute atomic E-state index is 12.0. The highest BCUT2D eigenvalue weighted by molar-refractivity contribution is 5.88. The summed E-state index contributed by atoms with van der Waals surface area (Å²) in [6.07, 6.45) is 3.50. The highest BCUT2D eigenvalue weighted by Crippen LogP contribution is 2.19. The van der Waals surface area contributed by atoms with Crippen LogP contribution in [-0.2, 0) is 6.61 Å². The molecule has 3 aromatic rings. The molecule has 2 N–H and O–H groups in total. The van der Waals surface area contributed by atoms with E-state index in [9.17, 15) is 4.79 Å². The lowest BCUT2D eigenvalue weighted by molar-refractivity contribution is 0.249. The summed E-state index contributed by atoms with van der Waals surface area (Å²) in [4.78, 5) is 16.1. The van der Waals surface area contributed by atoms with E-state index < -0.39 is 0 Å². The molecule has 1 aromatic carbocycles. The second-order valence-corrected chi connectivity index (χ2v) is 5.86. The van der Waals surface area contributed by atoms with Crippen LogP contribution in [0.15, 0.2) is 59.4 Å². The van der Waals surface area contributed by atoms with Gasteiger partial charge in [0.1, 0.15) is 18.1 Å². The molecule has 0 saturated heterocycles. The molecule has 0 aliphatic heterocycles. The second kappa shape index (κ2) is 8.15. The Morgan fingerprint density at radius 3 is 2.73 bits per heavy atom. The van der Waals surface area contributed by atoms with Crippen molar-refractivity contribution >= 4 is 11.8 Å². The number of carbonyl (C=O) groups excluding carboxylic acids is 1. The number of urea groups is 1. The number of aromatic nitrogens is 2. The number of amides is 2. The van der Waals surface area contributed by atoms with E-state index in [4.69, 9.17) is 9.26 Å². The SMILES string of the molecule is Cc1cc(NC(=O)NC(C)c2ccc(OCc3cccnc3)cc2)no1. The molecule has 0 fully saturated rings. The Labute approximate surface area is 151 Å². The van der Waals surface area contributed by atoms with Gasteiger partial charge >= 0.3 is 6.03 Å². The molecular weight excluding hydrogens is 332 g/mol. The van der Waals surface area contributed by atoms with E-state index in [2.05, 4.69) is 20.8 Å². The van der Waals surface area contributed by atoms with Gasteiger partial charge in [-0.25, -0.2) is 4.79 Å². The number of hydrogen-bond donors (Lipinski definition) is 2. The van der Waals surface area contributed by atoms with Gasteiger partial charge in [0.05, 0.1) is 6.04 Å². The van der Waals surface area contributed by atoms with Crippen LogP contribution in [0.25, 0.3) is 0 Å². The zero-order valence-electron chi connectivity index (χ0n) is 14.6. The second-order valence-electron chi connectivity index (χ2n) is 5.86. The van der Waals surface area contributed by atoms with Crippen molar-refractivity contribution in [3.05, 3.63) is 71.7 Å². The fourth-order valence-electron chi connectivity index (χ4n) is 2.36. The summed E-state index contributed by atoms with van der Waals surface area (Å²) in [7, 11) is 0. The highest BCUT2D eigenvalue weighted by atomic mass is 16.5. The summed E-state index contributed by atoms with van der Waals surface area (Å²) < 4.78 is 10.6. The lowest BCUT2D eigenvalue weighted by Crippen LogP contribution is -2.31. The molecule has 2 aromatic heterocycles. The van der Waals surface area contributed by atoms with E-state index in [1.807, 2.05) is 43.3 Å². The van der Waals surface area contributed by atoms with Gasteiger partial charge in [-0.1, -0.05) is 23.4 Å². The monoisotopic (exact) mass is 352 g/mol. The van der Waals surface area contributed by atoms with Crippen molar-refractivity contribution in [1.82, 2.24) is 15.5 Å². The number of ether oxygens (including phenoxy) is 1. The normalized spacial score (nSPS) is 11.6. The average molecular weight is 352 g/mol. The third-order valence-electron chi connectivity index (χ3n) is 3.73. The van der Waals surface area contributed by atoms with Crippen LogP contribution in [0.5, 0.6) is 5.75 Å². The largest absolute Gasteiger partial charge is 0.489 e. The van der Waals surface area contributed by atoms with Crippen LogP contribution in [0.2, 0.25) is 0 Å². The van der Waals surface area contributed by atoms with Crippen molar-refractivity contribution in [1.29, 1.82) is 0 Å². The number of carbonyl (C=O) groups is 1. The fraction of sp³-hybridized carbons (Fsp3) is 0.211. The molecule has 0 aliphatic carbocycles. The molecule has 134 valence electrons. The first kappa shape index (κ1) is 17.5. The molecule has 0 bridgehead atoms. The Morgan fingerprint density at radius 2 is 2.08 bits per heavy atom. The minimum absolute atomic E-state index is 0.171. The topological polar surface area (TPSA) is 89.3 Å². The summed E-state index contributed by atoms with van der Waals surface area (Å²) in [5, 5.41) is 9.20. The number of nitrogens with one attached hydrogen (secondary N) is 2. The molecular formula is C19H20N4O3. The van der Waals surface area contributed by atoms with Gasteiger partial charge in [0.25, 0.3) is 0 Å². The van der Waals surface area contributed by atoms with Crippen molar-refractivity contribution in [2.45, 2.75) is 26.5 Å². The molecule has 0 saturated carbocycles. The third-order valence-corrected chi connectivity index (χ3v) is 3.73. The van der Waals surface area contributed by atoms with Crippen LogP contribution >= 0.6 is 0 Å². The highest BCUT2D eigenvalue weighted by Gasteiger charge is 2.11. The van der Waals surface area contributed by atoms with E-state index in [0.717, 1.165) is 16.9 Å². The average Bonchev–Trinajstić information content (AvgIpc) is 3.05. The Balaban J connectivity index is 1.51. The summed E-state index contributed by atoms with van der Waals surface area (Å²) in [6.45, 7) is 4.12. The maximum atomic E-state index is 12.0. The van der Waals surface area contributed by atoms with Crippen molar-refractivity contribution in [2.24, 2.45) is 0 Å². The van der Waals surface area contributed by atoms with Crippen LogP contribution in [-0.4, -0.2) is 16.2 Å². The van der Waals surface area contributed by atoms with Crippen LogP contribution in [0.1, 0.15) is 29.9 Å². The number of hydrogen-bond acceptors (Lipinski definition) is 5. The quantitative estimate of drug-likeness (QED) is 0.703. The van der Waals surface area contributed by atoms with E-state index >= 15 is 0 Å². The van der Waals surface area contributed by atoms with Gasteiger partial charge in [-0.3, -0.25) is 10.3 Å². The molecule has 0 aliphatic rings. The minimum atomic E-state index is -0.345. The standard InChI is InChI=1S/C19H20N4O3/c1-13-10-18(23-26-13)22-19(24)21-14(2)16-5-7-17(8-6-16)25-12-15-4-3-9-20-11-15/h3-11,14H,12H2,1-2H3,(H2,21,22,23,24). The predicted octanol–water partition coefficient (Wildman–Crippen LogP) is 3.84. The molecule has 2 heterocycles. The Bertz CT molecular complexity index is 847. The minimum Gasteiger partial charge on any atom is -0.489 e. The molecule has 0 spiro atoms. The van der Waals surface area contributed by atoms with E-state index in [1.165, 1.54) is 0 Å². The molecule has 7 heteroatoms. The Kier molecular flexibility index (Phi) is 5.48. The molecule has 7 nitrogen and oxygen atoms in total. The van der Waals surface area contributed by atoms with Gasteiger partial charge in [0.2, 0.25) is 0 Å². The van der Waals surface area contributed by atoms with Gasteiger partial charge < -0.3 is 14.6 Å². The lowest BCUT2D eigenvalue weighted by atomic mass is 10.1. The zero-order chi connectivity index (χ0) is 18.4. The van der Waals surface area contributed by atoms with Crippen molar-refractivity contribution < 1.29 is 14.1 Å². The van der Waals surface area contributed by atoms with Gasteiger partial charge in [0, 0.05) is 24.0 Å². The predicted molar refractivity (Wildman–Crippen MR) is 96.8 cm³/mol. The summed E-state index contributed by atoms with van der Waals surface area (Å²) in [5.74, 6) is 1.77. The molecule has 26 heavy (non-hydrogen) atoms. The van der Waals surface area contributed by atoms with Crippen LogP contribution in [0.4, 0.5) is 10.6 Å². The van der Waals surface area contributed by atoms with Crippen molar-refractivity contribution in [3.63, 3.8) is 0 Å². The number of pyridine rings is 1. The number of benzene rings is 1. The maximum Gasteiger partial charge on any atom is 0.320 e. The fourth-order valence-corrected chi connectivity index (χ4v) is 2.36. The Hall–Kier alpha value is -3.35. The summed E-state index contributed by atoms with van der Waals surface area (Å²) >= 11 is 0. The first-order valence-electron chi connectivity index (χ1n) is 8.22. The molecule has 2 amide bonds. The smallest absolute Gasteiger partial charge is 0.320 e. The third kappa shape index (κ3) is 4.83. The van der Waals surface area contributed by atoms with Crippen molar-refractivity contribution in [3.8, 4) is 5.75 Å². The molecule has 1 unspecified atom stereocenters. The number of anilines is 1.